The molecule has 1 N–H and O–H groups in total. The molecule has 1 amide bonds. The Morgan fingerprint density at radius 2 is 1.85 bits per heavy atom. The molecule has 2 aromatic carbocycles. The van der Waals surface area contributed by atoms with Crippen molar-refractivity contribution in [3.8, 4) is 17.3 Å². The summed E-state index contributed by atoms with van der Waals surface area (Å²) in [6.07, 6.45) is 0.568. The number of anilines is 1. The van der Waals surface area contributed by atoms with Gasteiger partial charge in [0.05, 0.1) is 11.8 Å². The summed E-state index contributed by atoms with van der Waals surface area (Å²) in [5, 5.41) is 16.4. The van der Waals surface area contributed by atoms with Crippen molar-refractivity contribution < 1.29 is 9.59 Å². The van der Waals surface area contributed by atoms with Crippen LogP contribution in [0.15, 0.2) is 54.6 Å². The minimum Gasteiger partial charge on any atom is -0.325 e. The van der Waals surface area contributed by atoms with Crippen molar-refractivity contribution in [2.24, 2.45) is 13.0 Å². The molecule has 0 aliphatic heterocycles. The minimum atomic E-state index is -1.45. The Hall–Kier alpha value is -3.72. The number of hydrogen-bond acceptors (Lipinski definition) is 4. The molecule has 3 aromatic rings. The van der Waals surface area contributed by atoms with Crippen LogP contribution >= 0.6 is 0 Å². The third-order valence-corrected chi connectivity index (χ3v) is 4.71. The lowest BCUT2D eigenvalue weighted by Crippen LogP contribution is -2.29. The molecule has 0 radical (unpaired) electrons. The maximum Gasteiger partial charge on any atom is 0.249 e. The summed E-state index contributed by atoms with van der Waals surface area (Å²) in [7, 11) is 1.77. The second-order valence-electron chi connectivity index (χ2n) is 6.41. The van der Waals surface area contributed by atoms with Gasteiger partial charge in [-0.15, -0.1) is 0 Å². The van der Waals surface area contributed by atoms with Crippen LogP contribution in [0.1, 0.15) is 21.6 Å². The normalized spacial score (nSPS) is 12.6. The van der Waals surface area contributed by atoms with Crippen molar-refractivity contribution in [3.05, 3.63) is 71.4 Å². The molecular formula is C21H16N4O2. The van der Waals surface area contributed by atoms with Crippen LogP contribution < -0.4 is 5.32 Å². The first-order valence-corrected chi connectivity index (χ1v) is 8.54. The summed E-state index contributed by atoms with van der Waals surface area (Å²) in [5.41, 5.74) is 4.51. The van der Waals surface area contributed by atoms with E-state index in [9.17, 15) is 14.9 Å². The molecule has 132 valence electrons. The molecule has 1 aliphatic rings. The van der Waals surface area contributed by atoms with Crippen LogP contribution in [0, 0.1) is 17.2 Å². The minimum absolute atomic E-state index is 0.193. The zero-order valence-corrected chi connectivity index (χ0v) is 14.6. The lowest BCUT2D eigenvalue weighted by atomic mass is 9.98. The Morgan fingerprint density at radius 3 is 2.59 bits per heavy atom. The largest absolute Gasteiger partial charge is 0.325 e. The highest BCUT2D eigenvalue weighted by atomic mass is 16.2. The summed E-state index contributed by atoms with van der Waals surface area (Å²) in [5.74, 6) is -2.67. The highest BCUT2D eigenvalue weighted by Crippen LogP contribution is 2.38. The van der Waals surface area contributed by atoms with Gasteiger partial charge in [0.15, 0.2) is 5.92 Å². The van der Waals surface area contributed by atoms with E-state index in [1.165, 1.54) is 0 Å². The number of nitrogens with one attached hydrogen (secondary N) is 1. The molecular weight excluding hydrogens is 340 g/mol. The van der Waals surface area contributed by atoms with E-state index in [4.69, 9.17) is 0 Å². The fraction of sp³-hybridized carbons (Fsp3) is 0.143. The molecule has 0 spiro atoms. The molecule has 27 heavy (non-hydrogen) atoms. The third kappa shape index (κ3) is 2.79. The molecule has 1 heterocycles. The molecule has 6 heteroatoms. The number of nitrogens with zero attached hydrogens (tertiary/aromatic N) is 3. The van der Waals surface area contributed by atoms with Gasteiger partial charge in [0.25, 0.3) is 0 Å². The van der Waals surface area contributed by atoms with Gasteiger partial charge >= 0.3 is 0 Å². The first-order chi connectivity index (χ1) is 13.1. The maximum absolute atomic E-state index is 13.0. The van der Waals surface area contributed by atoms with E-state index < -0.39 is 17.6 Å². The first kappa shape index (κ1) is 16.7. The van der Waals surface area contributed by atoms with Gasteiger partial charge in [-0.05, 0) is 17.7 Å². The van der Waals surface area contributed by atoms with Crippen molar-refractivity contribution in [2.45, 2.75) is 6.42 Å². The Bertz CT molecular complexity index is 1090. The van der Waals surface area contributed by atoms with Gasteiger partial charge in [0.2, 0.25) is 11.7 Å². The van der Waals surface area contributed by atoms with Crippen molar-refractivity contribution in [1.29, 1.82) is 5.26 Å². The first-order valence-electron chi connectivity index (χ1n) is 8.54. The number of nitriles is 1. The van der Waals surface area contributed by atoms with Gasteiger partial charge < -0.3 is 5.32 Å². The molecule has 0 saturated heterocycles. The van der Waals surface area contributed by atoms with Crippen molar-refractivity contribution in [3.63, 3.8) is 0 Å². The lowest BCUT2D eigenvalue weighted by Gasteiger charge is -2.09. The molecule has 4 rings (SSSR count). The number of hydrogen-bond donors (Lipinski definition) is 1. The van der Waals surface area contributed by atoms with E-state index in [1.807, 2.05) is 36.4 Å². The molecule has 1 aliphatic carbocycles. The van der Waals surface area contributed by atoms with Crippen molar-refractivity contribution in [2.75, 3.05) is 5.32 Å². The smallest absolute Gasteiger partial charge is 0.249 e. The van der Waals surface area contributed by atoms with Crippen LogP contribution in [-0.4, -0.2) is 21.5 Å². The van der Waals surface area contributed by atoms with Crippen LogP contribution in [0.5, 0.6) is 0 Å². The SMILES string of the molecule is Cn1nc(C(=O)C(C#N)C(=O)Nc2ccccc2)c2c1-c1ccccc1C2. The second-order valence-corrected chi connectivity index (χ2v) is 6.41. The summed E-state index contributed by atoms with van der Waals surface area (Å²) >= 11 is 0. The molecule has 1 aromatic heterocycles. The Kier molecular flexibility index (Phi) is 4.05. The van der Waals surface area contributed by atoms with E-state index in [-0.39, 0.29) is 5.69 Å². The Balaban J connectivity index is 1.65. The van der Waals surface area contributed by atoms with Gasteiger partial charge in [-0.1, -0.05) is 42.5 Å². The third-order valence-electron chi connectivity index (χ3n) is 4.71. The maximum atomic E-state index is 13.0. The number of ketones is 1. The lowest BCUT2D eigenvalue weighted by molar-refractivity contribution is -0.117. The molecule has 1 atom stereocenters. The quantitative estimate of drug-likeness (QED) is 0.450. The van der Waals surface area contributed by atoms with Gasteiger partial charge in [-0.25, -0.2) is 0 Å². The number of carbonyl (C=O) groups excluding carboxylic acids is 2. The fourth-order valence-electron chi connectivity index (χ4n) is 3.48. The van der Waals surface area contributed by atoms with Crippen molar-refractivity contribution in [1.82, 2.24) is 9.78 Å². The predicted octanol–water partition coefficient (Wildman–Crippen LogP) is 2.95. The van der Waals surface area contributed by atoms with Crippen LogP contribution in [0.2, 0.25) is 0 Å². The topological polar surface area (TPSA) is 87.8 Å². The van der Waals surface area contributed by atoms with E-state index in [0.717, 1.165) is 22.4 Å². The summed E-state index contributed by atoms with van der Waals surface area (Å²) in [4.78, 5) is 25.5. The number of Topliss-reactive ketones (excluding diaryl/α,β-unsaturated/α-hetero) is 1. The molecule has 0 saturated carbocycles. The van der Waals surface area contributed by atoms with E-state index in [2.05, 4.69) is 10.4 Å². The number of carbonyl (C=O) groups is 2. The Labute approximate surface area is 156 Å². The van der Waals surface area contributed by atoms with Crippen LogP contribution in [-0.2, 0) is 18.3 Å². The number of para-hydroxylation sites is 1. The zero-order chi connectivity index (χ0) is 19.0. The van der Waals surface area contributed by atoms with Gasteiger partial charge in [-0.2, -0.15) is 10.4 Å². The fourth-order valence-corrected chi connectivity index (χ4v) is 3.48. The molecule has 0 fully saturated rings. The van der Waals surface area contributed by atoms with E-state index >= 15 is 0 Å². The summed E-state index contributed by atoms with van der Waals surface area (Å²) < 4.78 is 1.65. The highest BCUT2D eigenvalue weighted by molar-refractivity contribution is 6.16. The number of rotatable bonds is 4. The number of aryl methyl sites for hydroxylation is 1. The van der Waals surface area contributed by atoms with Gasteiger partial charge in [-0.3, -0.25) is 14.3 Å². The average molecular weight is 356 g/mol. The second kappa shape index (κ2) is 6.54. The Morgan fingerprint density at radius 1 is 1.15 bits per heavy atom. The number of aromatic nitrogens is 2. The van der Waals surface area contributed by atoms with E-state index in [1.54, 1.807) is 36.0 Å². The number of amides is 1. The van der Waals surface area contributed by atoms with Gasteiger partial charge in [0.1, 0.15) is 5.69 Å². The average Bonchev–Trinajstić information content (AvgIpc) is 3.20. The molecule has 1 unspecified atom stereocenters. The van der Waals surface area contributed by atoms with Crippen LogP contribution in [0.3, 0.4) is 0 Å². The highest BCUT2D eigenvalue weighted by Gasteiger charge is 2.35. The van der Waals surface area contributed by atoms with Gasteiger partial charge in [0, 0.05) is 30.3 Å². The predicted molar refractivity (Wildman–Crippen MR) is 100.0 cm³/mol. The number of fused-ring (bicyclic) bond motifs is 3. The van der Waals surface area contributed by atoms with Crippen LogP contribution in [0.4, 0.5) is 5.69 Å². The summed E-state index contributed by atoms with van der Waals surface area (Å²) in [6.45, 7) is 0. The number of benzene rings is 2. The molecule has 6 nitrogen and oxygen atoms in total. The molecule has 0 bridgehead atoms. The monoisotopic (exact) mass is 356 g/mol. The summed E-state index contributed by atoms with van der Waals surface area (Å²) in [6, 6.07) is 18.5. The standard InChI is InChI=1S/C21H16N4O2/c1-25-19-15-10-6-5-7-13(15)11-16(19)18(24-25)20(26)17(12-22)21(27)23-14-8-3-2-4-9-14/h2-10,17H,11H2,1H3,(H,23,27). The van der Waals surface area contributed by atoms with Crippen molar-refractivity contribution >= 4 is 17.4 Å². The van der Waals surface area contributed by atoms with Crippen LogP contribution in [0.25, 0.3) is 11.3 Å². The zero-order valence-electron chi connectivity index (χ0n) is 14.6. The van der Waals surface area contributed by atoms with E-state index in [0.29, 0.717) is 12.1 Å².